The summed E-state index contributed by atoms with van der Waals surface area (Å²) in [6, 6.07) is 22.3. The third-order valence-corrected chi connectivity index (χ3v) is 10.6. The van der Waals surface area contributed by atoms with Crippen LogP contribution in [0.4, 0.5) is 34.1 Å². The van der Waals surface area contributed by atoms with Crippen LogP contribution in [-0.2, 0) is 32.0 Å². The lowest BCUT2D eigenvalue weighted by atomic mass is 10.1. The van der Waals surface area contributed by atoms with Crippen LogP contribution in [0.2, 0.25) is 10.0 Å². The maximum atomic E-state index is 13.7. The van der Waals surface area contributed by atoms with Gasteiger partial charge < -0.3 is 30.7 Å². The number of azo groups is 2. The molecule has 68 heavy (non-hydrogen) atoms. The van der Waals surface area contributed by atoms with E-state index in [-0.39, 0.29) is 68.6 Å². The number of carbonyl (C=O) groups excluding carboxylic acids is 6. The predicted molar refractivity (Wildman–Crippen MR) is 265 cm³/mol. The molecule has 16 nitrogen and oxygen atoms in total. The molecular formula is C48H46Cl4N8O8. The van der Waals surface area contributed by atoms with E-state index in [4.69, 9.17) is 55.9 Å². The van der Waals surface area contributed by atoms with E-state index in [2.05, 4.69) is 41.7 Å². The van der Waals surface area contributed by atoms with Gasteiger partial charge in [0.05, 0.1) is 57.1 Å². The average Bonchev–Trinajstić information content (AvgIpc) is 3.29. The summed E-state index contributed by atoms with van der Waals surface area (Å²) in [5, 5.41) is 27.3. The first-order valence-electron chi connectivity index (χ1n) is 21.0. The van der Waals surface area contributed by atoms with Crippen molar-refractivity contribution < 1.29 is 38.2 Å². The van der Waals surface area contributed by atoms with Crippen LogP contribution < -0.4 is 30.7 Å². The third kappa shape index (κ3) is 14.6. The van der Waals surface area contributed by atoms with Crippen molar-refractivity contribution in [3.05, 3.63) is 129 Å². The zero-order valence-corrected chi connectivity index (χ0v) is 40.2. The molecule has 0 spiro atoms. The highest BCUT2D eigenvalue weighted by Gasteiger charge is 2.28. The number of nitrogens with zero attached hydrogens (tertiary/aromatic N) is 4. The smallest absolute Gasteiger partial charge is 0.258 e. The van der Waals surface area contributed by atoms with Gasteiger partial charge in [-0.05, 0) is 112 Å². The maximum absolute atomic E-state index is 13.7. The van der Waals surface area contributed by atoms with Gasteiger partial charge in [-0.1, -0.05) is 47.5 Å². The molecule has 5 aromatic rings. The Morgan fingerprint density at radius 2 is 0.941 bits per heavy atom. The zero-order valence-electron chi connectivity index (χ0n) is 37.2. The van der Waals surface area contributed by atoms with Crippen molar-refractivity contribution in [2.24, 2.45) is 20.5 Å². The molecule has 0 saturated heterocycles. The highest BCUT2D eigenvalue weighted by molar-refractivity contribution is 6.35. The van der Waals surface area contributed by atoms with Crippen molar-refractivity contribution in [1.29, 1.82) is 0 Å². The molecule has 0 bridgehead atoms. The molecule has 5 rings (SSSR count). The molecule has 5 aromatic carbocycles. The molecule has 2 atom stereocenters. The number of carbonyl (C=O) groups is 6. The molecule has 0 radical (unpaired) electrons. The summed E-state index contributed by atoms with van der Waals surface area (Å²) in [5.74, 6) is -3.21. The summed E-state index contributed by atoms with van der Waals surface area (Å²) in [6.07, 6.45) is 1.23. The number of anilines is 4. The lowest BCUT2D eigenvalue weighted by Gasteiger charge is -2.19. The molecule has 0 aliphatic rings. The number of Topliss-reactive ketones (excluding diaryl/α,β-unsaturated/α-hetero) is 2. The molecule has 0 fully saturated rings. The molecular weight excluding hydrogens is 958 g/mol. The molecule has 2 unspecified atom stereocenters. The summed E-state index contributed by atoms with van der Waals surface area (Å²) in [4.78, 5) is 79.4. The van der Waals surface area contributed by atoms with E-state index in [0.717, 1.165) is 25.0 Å². The van der Waals surface area contributed by atoms with Crippen LogP contribution in [0, 0.1) is 0 Å². The highest BCUT2D eigenvalue weighted by Crippen LogP contribution is 2.38. The van der Waals surface area contributed by atoms with Gasteiger partial charge in [-0.3, -0.25) is 28.8 Å². The van der Waals surface area contributed by atoms with Gasteiger partial charge >= 0.3 is 0 Å². The number of nitrogens with one attached hydrogen (secondary N) is 4. The standard InChI is InChI=1S/C48H46Cl4N8O8/c1-5-67-41-25-40(56-48(66)44(28(4)62)60-58-34-14-16-38(52)36(24-34)46(64)54-32-12-8-10-30(22-32)18-20-50)42(68-6-2)26-39(41)55-47(65)43(27(3)61)59-57-33-13-15-37(51)35(23-33)45(63)53-31-11-7-9-29(21-31)17-19-49/h7-16,21-26,43-44H,5-6,17-20H2,1-4H3,(H,53,63)(H,54,64)(H,55,65)(H,56,66). The normalized spacial score (nSPS) is 12.0. The minimum atomic E-state index is -1.65. The fraction of sp³-hybridized carbons (Fsp3) is 0.250. The number of ether oxygens (including phenoxy) is 2. The van der Waals surface area contributed by atoms with Crippen molar-refractivity contribution in [2.45, 2.75) is 52.6 Å². The zero-order chi connectivity index (χ0) is 49.3. The first-order chi connectivity index (χ1) is 32.6. The van der Waals surface area contributed by atoms with Crippen LogP contribution in [0.1, 0.15) is 59.5 Å². The van der Waals surface area contributed by atoms with Crippen molar-refractivity contribution in [3.63, 3.8) is 0 Å². The Hall–Kier alpha value is -6.72. The van der Waals surface area contributed by atoms with Crippen molar-refractivity contribution >= 4 is 116 Å². The molecule has 0 aromatic heterocycles. The van der Waals surface area contributed by atoms with Gasteiger partial charge in [0, 0.05) is 35.3 Å². The fourth-order valence-corrected chi connectivity index (χ4v) is 7.16. The minimum Gasteiger partial charge on any atom is -0.492 e. The van der Waals surface area contributed by atoms with E-state index in [1.807, 2.05) is 12.1 Å². The predicted octanol–water partition coefficient (Wildman–Crippen LogP) is 11.2. The molecule has 4 amide bonds. The molecule has 0 heterocycles. The first-order valence-corrected chi connectivity index (χ1v) is 22.9. The number of amides is 4. The third-order valence-electron chi connectivity index (χ3n) is 9.57. The number of halogens is 4. The van der Waals surface area contributed by atoms with E-state index < -0.39 is 47.3 Å². The van der Waals surface area contributed by atoms with Crippen LogP contribution in [0.5, 0.6) is 11.5 Å². The van der Waals surface area contributed by atoms with Crippen LogP contribution >= 0.6 is 46.4 Å². The van der Waals surface area contributed by atoms with E-state index in [0.29, 0.717) is 36.0 Å². The van der Waals surface area contributed by atoms with E-state index in [9.17, 15) is 28.8 Å². The van der Waals surface area contributed by atoms with Crippen LogP contribution in [-0.4, -0.2) is 72.3 Å². The number of benzene rings is 5. The number of rotatable bonds is 22. The lowest BCUT2D eigenvalue weighted by Crippen LogP contribution is -2.32. The number of ketones is 2. The second-order valence-electron chi connectivity index (χ2n) is 14.7. The Kier molecular flexibility index (Phi) is 19.5. The monoisotopic (exact) mass is 1000 g/mol. The van der Waals surface area contributed by atoms with Crippen LogP contribution in [0.15, 0.2) is 118 Å². The lowest BCUT2D eigenvalue weighted by molar-refractivity contribution is -0.127. The summed E-state index contributed by atoms with van der Waals surface area (Å²) in [6.45, 7) is 5.91. The van der Waals surface area contributed by atoms with Crippen molar-refractivity contribution in [1.82, 2.24) is 0 Å². The molecule has 4 N–H and O–H groups in total. The topological polar surface area (TPSA) is 218 Å². The Morgan fingerprint density at radius 3 is 1.29 bits per heavy atom. The van der Waals surface area contributed by atoms with Gasteiger partial charge in [0.1, 0.15) is 11.5 Å². The maximum Gasteiger partial charge on any atom is 0.258 e. The van der Waals surface area contributed by atoms with Crippen LogP contribution in [0.3, 0.4) is 0 Å². The summed E-state index contributed by atoms with van der Waals surface area (Å²) in [7, 11) is 0. The van der Waals surface area contributed by atoms with Gasteiger partial charge in [0.15, 0.2) is 11.6 Å². The van der Waals surface area contributed by atoms with Gasteiger partial charge in [-0.15, -0.1) is 23.2 Å². The Labute approximate surface area is 412 Å². The van der Waals surface area contributed by atoms with Gasteiger partial charge in [0.2, 0.25) is 12.1 Å². The quantitative estimate of drug-likeness (QED) is 0.0296. The van der Waals surface area contributed by atoms with Crippen LogP contribution in [0.25, 0.3) is 0 Å². The van der Waals surface area contributed by atoms with E-state index in [1.165, 1.54) is 48.5 Å². The Bertz CT molecular complexity index is 2570. The fourth-order valence-electron chi connectivity index (χ4n) is 6.32. The van der Waals surface area contributed by atoms with E-state index in [1.54, 1.807) is 50.2 Å². The molecule has 354 valence electrons. The second kappa shape index (κ2) is 25.4. The Balaban J connectivity index is 1.33. The largest absolute Gasteiger partial charge is 0.492 e. The first kappa shape index (κ1) is 52.3. The number of alkyl halides is 2. The summed E-state index contributed by atoms with van der Waals surface area (Å²) < 4.78 is 11.6. The number of hydrogen-bond donors (Lipinski definition) is 4. The number of aryl methyl sites for hydroxylation is 2. The summed E-state index contributed by atoms with van der Waals surface area (Å²) in [5.41, 5.74) is 3.43. The average molecular weight is 1000 g/mol. The van der Waals surface area contributed by atoms with E-state index >= 15 is 0 Å². The molecule has 0 aliphatic carbocycles. The number of hydrogen-bond acceptors (Lipinski definition) is 12. The molecule has 0 aliphatic heterocycles. The van der Waals surface area contributed by atoms with Gasteiger partial charge in [-0.2, -0.15) is 20.5 Å². The van der Waals surface area contributed by atoms with Crippen molar-refractivity contribution in [3.8, 4) is 11.5 Å². The second-order valence-corrected chi connectivity index (χ2v) is 16.2. The minimum absolute atomic E-state index is 0.0497. The summed E-state index contributed by atoms with van der Waals surface area (Å²) >= 11 is 24.5. The Morgan fingerprint density at radius 1 is 0.544 bits per heavy atom. The van der Waals surface area contributed by atoms with Crippen molar-refractivity contribution in [2.75, 3.05) is 46.2 Å². The highest BCUT2D eigenvalue weighted by atomic mass is 35.5. The SMILES string of the molecule is CCOc1cc(NC(=O)C(N=Nc2ccc(Cl)c(C(=O)Nc3cccc(CCCl)c3)c2)C(C)=O)c(OCC)cc1NC(=O)C(N=Nc1ccc(Cl)c(C(=O)Nc2cccc(CCCl)c2)c1)C(C)=O. The molecule has 0 saturated carbocycles. The molecule has 20 heteroatoms. The van der Waals surface area contributed by atoms with Gasteiger partial charge in [-0.25, -0.2) is 0 Å². The van der Waals surface area contributed by atoms with Gasteiger partial charge in [0.25, 0.3) is 23.6 Å².